The second-order valence-electron chi connectivity index (χ2n) is 6.07. The quantitative estimate of drug-likeness (QED) is 0.207. The molecular weight excluding hydrogens is 490 g/mol. The number of benzene rings is 2. The summed E-state index contributed by atoms with van der Waals surface area (Å²) in [6.45, 7) is -0.367. The summed E-state index contributed by atoms with van der Waals surface area (Å²) in [6, 6.07) is 10.9. The van der Waals surface area contributed by atoms with Crippen molar-refractivity contribution in [1.82, 2.24) is 4.98 Å². The number of hydrogen-bond donors (Lipinski definition) is 0. The summed E-state index contributed by atoms with van der Waals surface area (Å²) in [5.74, 6) is -1.61. The normalized spacial score (nSPS) is 10.6. The average Bonchev–Trinajstić information content (AvgIpc) is 2.72. The molecule has 3 aromatic rings. The van der Waals surface area contributed by atoms with Gasteiger partial charge < -0.3 is 19.6 Å². The molecule has 0 aliphatic rings. The fourth-order valence-corrected chi connectivity index (χ4v) is 3.52. The number of nitro groups is 1. The summed E-state index contributed by atoms with van der Waals surface area (Å²) in [7, 11) is 0. The van der Waals surface area contributed by atoms with Crippen LogP contribution in [0.25, 0.3) is 0 Å². The highest BCUT2D eigenvalue weighted by molar-refractivity contribution is 6.36. The van der Waals surface area contributed by atoms with Gasteiger partial charge in [-0.2, -0.15) is 0 Å². The number of pyridine rings is 1. The molecule has 0 aliphatic heterocycles. The Morgan fingerprint density at radius 1 is 0.935 bits per heavy atom. The molecule has 3 rings (SSSR count). The van der Waals surface area contributed by atoms with Gasteiger partial charge in [-0.1, -0.05) is 58.5 Å². The molecule has 0 bridgehead atoms. The number of esters is 1. The van der Waals surface area contributed by atoms with Crippen molar-refractivity contribution in [3.05, 3.63) is 95.6 Å². The zero-order valence-electron chi connectivity index (χ0n) is 15.5. The number of ether oxygens (including phenoxy) is 2. The Balaban J connectivity index is 1.80. The predicted molar refractivity (Wildman–Crippen MR) is 117 cm³/mol. The summed E-state index contributed by atoms with van der Waals surface area (Å²) >= 11 is 24.3. The second kappa shape index (κ2) is 10.2. The van der Waals surface area contributed by atoms with Crippen molar-refractivity contribution in [3.8, 4) is 5.75 Å². The smallest absolute Gasteiger partial charge is 0.406 e. The average molecular weight is 502 g/mol. The van der Waals surface area contributed by atoms with Gasteiger partial charge in [0.1, 0.15) is 18.8 Å². The van der Waals surface area contributed by atoms with Crippen molar-refractivity contribution < 1.29 is 19.2 Å². The molecule has 7 nitrogen and oxygen atoms in total. The predicted octanol–water partition coefficient (Wildman–Crippen LogP) is 6.54. The molecule has 0 spiro atoms. The van der Waals surface area contributed by atoms with Crippen LogP contribution in [0.3, 0.4) is 0 Å². The molecule has 1 heterocycles. The number of halogens is 4. The Morgan fingerprint density at radius 3 is 1.97 bits per heavy atom. The van der Waals surface area contributed by atoms with Gasteiger partial charge in [-0.05, 0) is 34.2 Å². The van der Waals surface area contributed by atoms with Gasteiger partial charge in [0, 0.05) is 37.3 Å². The van der Waals surface area contributed by atoms with Crippen LogP contribution in [0.1, 0.15) is 21.5 Å². The van der Waals surface area contributed by atoms with Gasteiger partial charge in [0.15, 0.2) is 6.20 Å². The molecule has 0 N–H and O–H groups in total. The first kappa shape index (κ1) is 23.1. The SMILES string of the molecule is O=C(OCc1c(Cl)cccc1Cl)c1cnc([N+](=O)[O-])c(OCc2c(Cl)cccc2Cl)c1. The van der Waals surface area contributed by atoms with Crippen LogP contribution in [-0.2, 0) is 18.0 Å². The number of aromatic nitrogens is 1. The first-order valence-electron chi connectivity index (χ1n) is 8.58. The van der Waals surface area contributed by atoms with E-state index in [4.69, 9.17) is 55.9 Å². The van der Waals surface area contributed by atoms with Crippen molar-refractivity contribution >= 4 is 58.2 Å². The fourth-order valence-electron chi connectivity index (χ4n) is 2.50. The first-order valence-corrected chi connectivity index (χ1v) is 10.1. The van der Waals surface area contributed by atoms with E-state index in [1.807, 2.05) is 0 Å². The third-order valence-corrected chi connectivity index (χ3v) is 5.50. The van der Waals surface area contributed by atoms with Crippen molar-refractivity contribution in [1.29, 1.82) is 0 Å². The van der Waals surface area contributed by atoms with Crippen molar-refractivity contribution in [2.75, 3.05) is 0 Å². The van der Waals surface area contributed by atoms with Gasteiger partial charge in [-0.25, -0.2) is 4.79 Å². The van der Waals surface area contributed by atoms with Gasteiger partial charge in [-0.3, -0.25) is 0 Å². The lowest BCUT2D eigenvalue weighted by atomic mass is 10.2. The molecule has 11 heteroatoms. The molecule has 0 aliphatic carbocycles. The van der Waals surface area contributed by atoms with E-state index in [0.717, 1.165) is 12.3 Å². The minimum atomic E-state index is -0.793. The highest BCUT2D eigenvalue weighted by Gasteiger charge is 2.22. The summed E-state index contributed by atoms with van der Waals surface area (Å²) in [4.78, 5) is 26.7. The molecule has 160 valence electrons. The summed E-state index contributed by atoms with van der Waals surface area (Å²) in [6.07, 6.45) is 1.02. The number of hydrogen-bond acceptors (Lipinski definition) is 6. The zero-order chi connectivity index (χ0) is 22.5. The number of carbonyl (C=O) groups is 1. The molecular formula is C20H12Cl4N2O5. The maximum Gasteiger partial charge on any atom is 0.406 e. The number of nitrogens with zero attached hydrogens (tertiary/aromatic N) is 2. The molecule has 0 saturated heterocycles. The van der Waals surface area contributed by atoms with Gasteiger partial charge in [0.05, 0.1) is 0 Å². The van der Waals surface area contributed by atoms with Gasteiger partial charge in [-0.15, -0.1) is 0 Å². The lowest BCUT2D eigenvalue weighted by Gasteiger charge is -2.11. The van der Waals surface area contributed by atoms with Crippen LogP contribution in [-0.4, -0.2) is 15.9 Å². The zero-order valence-corrected chi connectivity index (χ0v) is 18.5. The Labute approximate surface area is 196 Å². The van der Waals surface area contributed by atoms with Gasteiger partial charge >= 0.3 is 11.8 Å². The minimum absolute atomic E-state index is 0.0611. The van der Waals surface area contributed by atoms with Crippen LogP contribution in [0.2, 0.25) is 20.1 Å². The molecule has 0 saturated carbocycles. The molecule has 0 unspecified atom stereocenters. The minimum Gasteiger partial charge on any atom is -0.481 e. The van der Waals surface area contributed by atoms with Crippen LogP contribution in [0.5, 0.6) is 5.75 Å². The van der Waals surface area contributed by atoms with E-state index < -0.39 is 16.7 Å². The Bertz CT molecular complexity index is 1120. The van der Waals surface area contributed by atoms with E-state index in [-0.39, 0.29) is 24.5 Å². The molecule has 2 aromatic carbocycles. The van der Waals surface area contributed by atoms with E-state index in [1.165, 1.54) is 0 Å². The van der Waals surface area contributed by atoms with Crippen LogP contribution in [0.4, 0.5) is 5.82 Å². The van der Waals surface area contributed by atoms with E-state index in [1.54, 1.807) is 36.4 Å². The molecule has 0 atom stereocenters. The number of rotatable bonds is 7. The topological polar surface area (TPSA) is 91.6 Å². The molecule has 0 radical (unpaired) electrons. The van der Waals surface area contributed by atoms with E-state index in [9.17, 15) is 14.9 Å². The molecule has 1 aromatic heterocycles. The monoisotopic (exact) mass is 500 g/mol. The summed E-state index contributed by atoms with van der Waals surface area (Å²) < 4.78 is 10.7. The van der Waals surface area contributed by atoms with E-state index in [2.05, 4.69) is 4.98 Å². The van der Waals surface area contributed by atoms with Crippen LogP contribution in [0.15, 0.2) is 48.7 Å². The van der Waals surface area contributed by atoms with Crippen LogP contribution >= 0.6 is 46.4 Å². The van der Waals surface area contributed by atoms with Crippen molar-refractivity contribution in [3.63, 3.8) is 0 Å². The third kappa shape index (κ3) is 5.57. The highest BCUT2D eigenvalue weighted by atomic mass is 35.5. The fraction of sp³-hybridized carbons (Fsp3) is 0.100. The molecule has 0 fully saturated rings. The van der Waals surface area contributed by atoms with Crippen LogP contribution in [0, 0.1) is 10.1 Å². The molecule has 0 amide bonds. The lowest BCUT2D eigenvalue weighted by molar-refractivity contribution is -0.390. The first-order chi connectivity index (χ1) is 14.8. The van der Waals surface area contributed by atoms with Gasteiger partial charge in [0.2, 0.25) is 5.75 Å². The van der Waals surface area contributed by atoms with Crippen LogP contribution < -0.4 is 4.74 Å². The Morgan fingerprint density at radius 2 is 1.45 bits per heavy atom. The largest absolute Gasteiger partial charge is 0.481 e. The van der Waals surface area contributed by atoms with Crippen molar-refractivity contribution in [2.24, 2.45) is 0 Å². The Hall–Kier alpha value is -2.58. The highest BCUT2D eigenvalue weighted by Crippen LogP contribution is 2.30. The second-order valence-corrected chi connectivity index (χ2v) is 7.70. The standard InChI is InChI=1S/C20H12Cl4N2O5/c21-14-3-1-4-15(22)12(14)9-30-18-7-11(8-25-19(18)26(28)29)20(27)31-10-13-16(23)5-2-6-17(13)24/h1-8H,9-10H2. The third-order valence-electron chi connectivity index (χ3n) is 4.08. The summed E-state index contributed by atoms with van der Waals surface area (Å²) in [5, 5.41) is 12.6. The van der Waals surface area contributed by atoms with Crippen molar-refractivity contribution in [2.45, 2.75) is 13.2 Å². The van der Waals surface area contributed by atoms with Gasteiger partial charge in [0.25, 0.3) is 0 Å². The maximum absolute atomic E-state index is 12.4. The van der Waals surface area contributed by atoms with E-state index >= 15 is 0 Å². The molecule has 31 heavy (non-hydrogen) atoms. The number of carbonyl (C=O) groups excluding carboxylic acids is 1. The Kier molecular flexibility index (Phi) is 7.56. The summed E-state index contributed by atoms with van der Waals surface area (Å²) in [5.41, 5.74) is 0.800. The maximum atomic E-state index is 12.4. The van der Waals surface area contributed by atoms with E-state index in [0.29, 0.717) is 31.2 Å². The lowest BCUT2D eigenvalue weighted by Crippen LogP contribution is -2.09.